The van der Waals surface area contributed by atoms with Gasteiger partial charge in [-0.05, 0) is 47.1 Å². The molecule has 2 aromatic heterocycles. The molecule has 10 nitrogen and oxygen atoms in total. The van der Waals surface area contributed by atoms with Gasteiger partial charge in [0, 0.05) is 43.1 Å². The maximum atomic E-state index is 14.2. The number of nitrogens with one attached hydrogen (secondary N) is 5. The van der Waals surface area contributed by atoms with Gasteiger partial charge in [0.05, 0.1) is 16.8 Å². The highest BCUT2D eigenvalue weighted by atomic mass is 19.1. The van der Waals surface area contributed by atoms with Gasteiger partial charge >= 0.3 is 6.03 Å². The van der Waals surface area contributed by atoms with E-state index in [1.54, 1.807) is 6.07 Å². The van der Waals surface area contributed by atoms with Crippen LogP contribution in [0.3, 0.4) is 0 Å². The molecule has 182 valence electrons. The van der Waals surface area contributed by atoms with Crippen LogP contribution in [0.25, 0.3) is 0 Å². The minimum absolute atomic E-state index is 0.0234. The zero-order chi connectivity index (χ0) is 25.3. The molecular formula is C23H31FN8O2. The molecule has 11 heteroatoms. The van der Waals surface area contributed by atoms with Crippen LogP contribution in [-0.4, -0.2) is 46.6 Å². The topological polar surface area (TPSA) is 144 Å². The van der Waals surface area contributed by atoms with Crippen molar-refractivity contribution >= 4 is 29.3 Å². The van der Waals surface area contributed by atoms with Crippen molar-refractivity contribution in [2.75, 3.05) is 17.2 Å². The van der Waals surface area contributed by atoms with Gasteiger partial charge in [0.2, 0.25) is 0 Å². The van der Waals surface area contributed by atoms with Crippen molar-refractivity contribution in [3.05, 3.63) is 41.5 Å². The number of halogens is 1. The lowest BCUT2D eigenvalue weighted by molar-refractivity contribution is 0.0953. The largest absolute Gasteiger partial charge is 0.382 e. The van der Waals surface area contributed by atoms with Gasteiger partial charge in [-0.2, -0.15) is 5.26 Å². The summed E-state index contributed by atoms with van der Waals surface area (Å²) in [5.41, 5.74) is 0.947. The number of carbonyl (C=O) groups is 2. The molecule has 2 rings (SSSR count). The summed E-state index contributed by atoms with van der Waals surface area (Å²) >= 11 is 0. The van der Waals surface area contributed by atoms with Gasteiger partial charge in [-0.25, -0.2) is 19.2 Å². The lowest BCUT2D eigenvalue weighted by Gasteiger charge is -2.18. The van der Waals surface area contributed by atoms with Crippen LogP contribution in [0.5, 0.6) is 0 Å². The van der Waals surface area contributed by atoms with Crippen LogP contribution in [0.2, 0.25) is 0 Å². The van der Waals surface area contributed by atoms with Gasteiger partial charge in [-0.15, -0.1) is 0 Å². The van der Waals surface area contributed by atoms with E-state index < -0.39 is 5.82 Å². The normalized spacial score (nSPS) is 11.5. The Morgan fingerprint density at radius 2 is 1.79 bits per heavy atom. The number of nitrogens with zero attached hydrogens (tertiary/aromatic N) is 3. The van der Waals surface area contributed by atoms with Crippen LogP contribution in [0, 0.1) is 17.1 Å². The number of anilines is 3. The highest BCUT2D eigenvalue weighted by Gasteiger charge is 2.16. The first-order valence-corrected chi connectivity index (χ1v) is 11.0. The number of rotatable bonds is 10. The first-order valence-electron chi connectivity index (χ1n) is 11.0. The number of carbonyl (C=O) groups excluding carboxylic acids is 2. The third-order valence-corrected chi connectivity index (χ3v) is 4.47. The summed E-state index contributed by atoms with van der Waals surface area (Å²) in [4.78, 5) is 32.7. The van der Waals surface area contributed by atoms with Crippen LogP contribution < -0.4 is 26.6 Å². The van der Waals surface area contributed by atoms with Crippen molar-refractivity contribution in [2.45, 2.75) is 59.2 Å². The molecule has 1 atom stereocenters. The lowest BCUT2D eigenvalue weighted by Crippen LogP contribution is -2.44. The van der Waals surface area contributed by atoms with Crippen molar-refractivity contribution in [3.63, 3.8) is 0 Å². The van der Waals surface area contributed by atoms with Gasteiger partial charge < -0.3 is 26.6 Å². The van der Waals surface area contributed by atoms with Gasteiger partial charge in [0.25, 0.3) is 5.91 Å². The third kappa shape index (κ3) is 8.20. The first kappa shape index (κ1) is 26.3. The van der Waals surface area contributed by atoms with E-state index in [-0.39, 0.29) is 47.3 Å². The Bertz CT molecular complexity index is 1050. The Morgan fingerprint density at radius 1 is 1.06 bits per heavy atom. The maximum Gasteiger partial charge on any atom is 0.315 e. The van der Waals surface area contributed by atoms with E-state index in [4.69, 9.17) is 5.26 Å². The minimum atomic E-state index is -0.689. The van der Waals surface area contributed by atoms with Gasteiger partial charge in [0.1, 0.15) is 11.9 Å². The molecule has 34 heavy (non-hydrogen) atoms. The van der Waals surface area contributed by atoms with Crippen LogP contribution >= 0.6 is 0 Å². The summed E-state index contributed by atoms with van der Waals surface area (Å²) in [7, 11) is 0. The molecule has 0 spiro atoms. The van der Waals surface area contributed by atoms with E-state index in [1.807, 2.05) is 40.7 Å². The molecule has 0 saturated carbocycles. The molecular weight excluding hydrogens is 439 g/mol. The number of hydrogen-bond donors (Lipinski definition) is 5. The number of hydrogen-bond acceptors (Lipinski definition) is 7. The van der Waals surface area contributed by atoms with E-state index in [0.29, 0.717) is 24.2 Å². The summed E-state index contributed by atoms with van der Waals surface area (Å²) < 4.78 is 14.2. The van der Waals surface area contributed by atoms with E-state index in [0.717, 1.165) is 6.07 Å². The predicted molar refractivity (Wildman–Crippen MR) is 128 cm³/mol. The summed E-state index contributed by atoms with van der Waals surface area (Å²) in [6, 6.07) is 4.17. The molecule has 3 amide bonds. The number of urea groups is 1. The van der Waals surface area contributed by atoms with Crippen molar-refractivity contribution < 1.29 is 14.0 Å². The molecule has 0 fully saturated rings. The second-order valence-electron chi connectivity index (χ2n) is 8.42. The molecule has 2 aromatic rings. The molecule has 1 unspecified atom stereocenters. The van der Waals surface area contributed by atoms with Crippen LogP contribution in [-0.2, 0) is 0 Å². The molecule has 0 saturated heterocycles. The predicted octanol–water partition coefficient (Wildman–Crippen LogP) is 3.27. The zero-order valence-corrected chi connectivity index (χ0v) is 20.0. The van der Waals surface area contributed by atoms with Crippen molar-refractivity contribution in [2.24, 2.45) is 0 Å². The number of nitriles is 1. The smallest absolute Gasteiger partial charge is 0.315 e. The summed E-state index contributed by atoms with van der Waals surface area (Å²) in [6.07, 6.45) is 3.19. The van der Waals surface area contributed by atoms with E-state index >= 15 is 0 Å². The zero-order valence-electron chi connectivity index (χ0n) is 20.0. The van der Waals surface area contributed by atoms with Gasteiger partial charge in [-0.3, -0.25) is 4.79 Å². The average molecular weight is 471 g/mol. The van der Waals surface area contributed by atoms with Crippen molar-refractivity contribution in [1.82, 2.24) is 25.9 Å². The molecule has 0 aromatic carbocycles. The second-order valence-corrected chi connectivity index (χ2v) is 8.42. The summed E-state index contributed by atoms with van der Waals surface area (Å²) in [6.45, 7) is 9.80. The average Bonchev–Trinajstić information content (AvgIpc) is 2.74. The molecule has 2 heterocycles. The standard InChI is InChI=1S/C23H31FN8O2/c1-13(2)29-19-9-20(32-21-18(24)8-16(10-25)11-28-21)27-12-17(19)22(33)26-7-6-15(5)31-23(34)30-14(3)4/h8-9,11-15H,6-7H2,1-5H3,(H,26,33)(H2,30,31,34)(H2,27,28,29,32). The fourth-order valence-electron chi connectivity index (χ4n) is 2.94. The molecule has 0 radical (unpaired) electrons. The number of pyridine rings is 2. The van der Waals surface area contributed by atoms with E-state index in [2.05, 4.69) is 36.6 Å². The highest BCUT2D eigenvalue weighted by molar-refractivity contribution is 5.99. The van der Waals surface area contributed by atoms with Crippen LogP contribution in [0.1, 0.15) is 57.0 Å². The first-order chi connectivity index (χ1) is 16.1. The van der Waals surface area contributed by atoms with Crippen LogP contribution in [0.4, 0.5) is 26.5 Å². The Morgan fingerprint density at radius 3 is 2.41 bits per heavy atom. The highest BCUT2D eigenvalue weighted by Crippen LogP contribution is 2.23. The van der Waals surface area contributed by atoms with Crippen molar-refractivity contribution in [1.29, 1.82) is 5.26 Å². The molecule has 0 aliphatic heterocycles. The lowest BCUT2D eigenvalue weighted by atomic mass is 10.2. The third-order valence-electron chi connectivity index (χ3n) is 4.47. The van der Waals surface area contributed by atoms with Crippen LogP contribution in [0.15, 0.2) is 24.5 Å². The molecule has 0 aliphatic carbocycles. The van der Waals surface area contributed by atoms with Gasteiger partial charge in [0.15, 0.2) is 11.6 Å². The van der Waals surface area contributed by atoms with Crippen molar-refractivity contribution in [3.8, 4) is 6.07 Å². The Hall–Kier alpha value is -3.94. The minimum Gasteiger partial charge on any atom is -0.382 e. The molecule has 0 aliphatic rings. The monoisotopic (exact) mass is 470 g/mol. The number of amides is 3. The molecule has 0 bridgehead atoms. The fourth-order valence-corrected chi connectivity index (χ4v) is 2.94. The SMILES string of the molecule is CC(C)NC(=O)NC(C)CCNC(=O)c1cnc(Nc2ncc(C#N)cc2F)cc1NC(C)C. The quantitative estimate of drug-likeness (QED) is 0.358. The number of aromatic nitrogens is 2. The summed E-state index contributed by atoms with van der Waals surface area (Å²) in [5.74, 6) is -0.818. The van der Waals surface area contributed by atoms with Gasteiger partial charge in [-0.1, -0.05) is 0 Å². The second kappa shape index (κ2) is 12.3. The Kier molecular flexibility index (Phi) is 9.55. The van der Waals surface area contributed by atoms with E-state index in [1.165, 1.54) is 12.4 Å². The van der Waals surface area contributed by atoms with E-state index in [9.17, 15) is 14.0 Å². The fraction of sp³-hybridized carbons (Fsp3) is 0.435. The molecule has 5 N–H and O–H groups in total. The summed E-state index contributed by atoms with van der Waals surface area (Å²) in [5, 5.41) is 23.2. The Balaban J connectivity index is 2.05. The maximum absolute atomic E-state index is 14.2. The Labute approximate surface area is 198 Å².